The fraction of sp³-hybridized carbons (Fsp3) is 0.588. The van der Waals surface area contributed by atoms with Gasteiger partial charge in [-0.2, -0.15) is 0 Å². The van der Waals surface area contributed by atoms with Gasteiger partial charge in [0.1, 0.15) is 0 Å². The first kappa shape index (κ1) is 15.9. The molecule has 2 aliphatic heterocycles. The van der Waals surface area contributed by atoms with E-state index in [1.807, 2.05) is 0 Å². The SMILES string of the molecule is CC(=[NH2+])OC(=N)C1CCN(C(C)c2ccc3c(n2)OCC3)CC1. The number of nitrogens with two attached hydrogens (primary N) is 1. The average molecular weight is 317 g/mol. The Labute approximate surface area is 136 Å². The highest BCUT2D eigenvalue weighted by Gasteiger charge is 2.28. The number of pyridine rings is 1. The van der Waals surface area contributed by atoms with Crippen molar-refractivity contribution in [3.63, 3.8) is 0 Å². The minimum Gasteiger partial charge on any atom is -0.477 e. The van der Waals surface area contributed by atoms with Crippen molar-refractivity contribution in [3.8, 4) is 5.88 Å². The molecule has 0 aromatic carbocycles. The van der Waals surface area contributed by atoms with Crippen molar-refractivity contribution in [2.75, 3.05) is 19.7 Å². The maximum absolute atomic E-state index is 7.96. The molecule has 1 aromatic heterocycles. The lowest BCUT2D eigenvalue weighted by atomic mass is 9.95. The molecule has 23 heavy (non-hydrogen) atoms. The third kappa shape index (κ3) is 3.52. The van der Waals surface area contributed by atoms with Gasteiger partial charge in [-0.3, -0.25) is 10.3 Å². The highest BCUT2D eigenvalue weighted by Crippen LogP contribution is 2.29. The number of nitrogens with one attached hydrogen (secondary N) is 1. The Morgan fingerprint density at radius 3 is 2.87 bits per heavy atom. The molecular weight excluding hydrogens is 292 g/mol. The van der Waals surface area contributed by atoms with Crippen LogP contribution in [0.5, 0.6) is 5.88 Å². The number of nitrogens with zero attached hydrogens (tertiary/aromatic N) is 2. The summed E-state index contributed by atoms with van der Waals surface area (Å²) in [6, 6.07) is 4.50. The molecule has 1 atom stereocenters. The van der Waals surface area contributed by atoms with E-state index in [0.29, 0.717) is 11.8 Å². The molecule has 0 saturated carbocycles. The third-order valence-corrected chi connectivity index (χ3v) is 4.72. The van der Waals surface area contributed by atoms with E-state index in [0.717, 1.165) is 50.5 Å². The zero-order valence-electron chi connectivity index (χ0n) is 13.8. The average Bonchev–Trinajstić information content (AvgIpc) is 3.01. The molecule has 2 aliphatic rings. The molecule has 1 aromatic rings. The lowest BCUT2D eigenvalue weighted by Gasteiger charge is -2.35. The molecule has 3 rings (SSSR count). The molecule has 1 saturated heterocycles. The van der Waals surface area contributed by atoms with Crippen LogP contribution in [0.15, 0.2) is 12.1 Å². The second-order valence-electron chi connectivity index (χ2n) is 6.36. The summed E-state index contributed by atoms with van der Waals surface area (Å²) in [5.74, 6) is 1.59. The van der Waals surface area contributed by atoms with Crippen LogP contribution < -0.4 is 10.1 Å². The van der Waals surface area contributed by atoms with Gasteiger partial charge in [0, 0.05) is 23.9 Å². The third-order valence-electron chi connectivity index (χ3n) is 4.72. The molecule has 0 radical (unpaired) electrons. The van der Waals surface area contributed by atoms with Gasteiger partial charge in [0.25, 0.3) is 0 Å². The number of aromatic nitrogens is 1. The van der Waals surface area contributed by atoms with E-state index in [-0.39, 0.29) is 12.0 Å². The summed E-state index contributed by atoms with van der Waals surface area (Å²) in [5, 5.41) is 13.5. The van der Waals surface area contributed by atoms with Crippen molar-refractivity contribution in [3.05, 3.63) is 23.4 Å². The highest BCUT2D eigenvalue weighted by atomic mass is 16.5. The smallest absolute Gasteiger partial charge is 0.336 e. The van der Waals surface area contributed by atoms with E-state index >= 15 is 0 Å². The van der Waals surface area contributed by atoms with E-state index < -0.39 is 0 Å². The first-order valence-electron chi connectivity index (χ1n) is 8.26. The molecule has 3 heterocycles. The van der Waals surface area contributed by atoms with Crippen molar-refractivity contribution < 1.29 is 14.9 Å². The number of hydrogen-bond acceptors (Lipinski definition) is 5. The van der Waals surface area contributed by atoms with Crippen molar-refractivity contribution in [1.29, 1.82) is 5.41 Å². The summed E-state index contributed by atoms with van der Waals surface area (Å²) in [6.45, 7) is 6.46. The molecule has 0 aliphatic carbocycles. The van der Waals surface area contributed by atoms with Gasteiger partial charge >= 0.3 is 5.90 Å². The van der Waals surface area contributed by atoms with Crippen LogP contribution in [0.4, 0.5) is 0 Å². The number of rotatable bonds is 3. The quantitative estimate of drug-likeness (QED) is 0.642. The van der Waals surface area contributed by atoms with Gasteiger partial charge in [0.05, 0.1) is 19.2 Å². The van der Waals surface area contributed by atoms with E-state index in [4.69, 9.17) is 20.3 Å². The van der Waals surface area contributed by atoms with Gasteiger partial charge in [-0.25, -0.2) is 10.4 Å². The Kier molecular flexibility index (Phi) is 4.61. The van der Waals surface area contributed by atoms with Gasteiger partial charge in [0.15, 0.2) is 5.90 Å². The van der Waals surface area contributed by atoms with Crippen LogP contribution in [-0.4, -0.2) is 41.4 Å². The zero-order valence-corrected chi connectivity index (χ0v) is 13.8. The second kappa shape index (κ2) is 6.66. The molecule has 6 nitrogen and oxygen atoms in total. The standard InChI is InChI=1S/C17H24N4O2/c1-11(15-4-3-14-7-10-22-17(14)20-15)21-8-5-13(6-9-21)16(19)23-12(2)18/h3-4,11,13,18-19H,5-10H2,1-2H3/p+1. The minimum absolute atomic E-state index is 0.160. The Morgan fingerprint density at radius 2 is 2.17 bits per heavy atom. The van der Waals surface area contributed by atoms with E-state index in [9.17, 15) is 0 Å². The summed E-state index contributed by atoms with van der Waals surface area (Å²) in [6.07, 6.45) is 2.79. The van der Waals surface area contributed by atoms with Crippen LogP contribution in [0.3, 0.4) is 0 Å². The summed E-state index contributed by atoms with van der Waals surface area (Å²) >= 11 is 0. The molecule has 0 spiro atoms. The summed E-state index contributed by atoms with van der Waals surface area (Å²) in [7, 11) is 0. The Morgan fingerprint density at radius 1 is 1.43 bits per heavy atom. The summed E-state index contributed by atoms with van der Waals surface area (Å²) in [5.41, 5.74) is 2.26. The molecule has 124 valence electrons. The molecule has 0 bridgehead atoms. The van der Waals surface area contributed by atoms with Crippen LogP contribution in [0.1, 0.15) is 44.0 Å². The van der Waals surface area contributed by atoms with Gasteiger partial charge in [0.2, 0.25) is 5.88 Å². The van der Waals surface area contributed by atoms with Gasteiger partial charge in [-0.15, -0.1) is 0 Å². The van der Waals surface area contributed by atoms with E-state index in [1.54, 1.807) is 6.92 Å². The molecular formula is C17H25N4O2+. The maximum Gasteiger partial charge on any atom is 0.336 e. The monoisotopic (exact) mass is 317 g/mol. The maximum atomic E-state index is 7.96. The topological polar surface area (TPSA) is 84.0 Å². The Bertz CT molecular complexity index is 609. The molecule has 6 heteroatoms. The number of fused-ring (bicyclic) bond motifs is 1. The fourth-order valence-corrected chi connectivity index (χ4v) is 3.28. The van der Waals surface area contributed by atoms with Gasteiger partial charge in [-0.05, 0) is 38.9 Å². The minimum atomic E-state index is 0.160. The molecule has 0 amide bonds. The van der Waals surface area contributed by atoms with E-state index in [2.05, 4.69) is 28.9 Å². The summed E-state index contributed by atoms with van der Waals surface area (Å²) < 4.78 is 10.8. The lowest BCUT2D eigenvalue weighted by Crippen LogP contribution is -2.43. The lowest BCUT2D eigenvalue weighted by molar-refractivity contribution is -0.133. The number of ether oxygens (including phenoxy) is 2. The summed E-state index contributed by atoms with van der Waals surface area (Å²) in [4.78, 5) is 7.08. The second-order valence-corrected chi connectivity index (χ2v) is 6.36. The molecule has 3 N–H and O–H groups in total. The van der Waals surface area contributed by atoms with Gasteiger partial charge < -0.3 is 9.47 Å². The molecule has 1 fully saturated rings. The number of likely N-dealkylation sites (tertiary alicyclic amines) is 1. The van der Waals surface area contributed by atoms with Crippen LogP contribution in [0.2, 0.25) is 0 Å². The number of piperidine rings is 1. The van der Waals surface area contributed by atoms with Crippen LogP contribution in [0.25, 0.3) is 0 Å². The first-order chi connectivity index (χ1) is 11.0. The van der Waals surface area contributed by atoms with Crippen LogP contribution >= 0.6 is 0 Å². The van der Waals surface area contributed by atoms with Crippen LogP contribution in [0, 0.1) is 11.3 Å². The van der Waals surface area contributed by atoms with Gasteiger partial charge in [-0.1, -0.05) is 6.07 Å². The van der Waals surface area contributed by atoms with Crippen molar-refractivity contribution >= 4 is 11.8 Å². The number of hydrogen-bond donors (Lipinski definition) is 2. The normalized spacial score (nSPS) is 19.7. The highest BCUT2D eigenvalue weighted by molar-refractivity contribution is 5.87. The predicted molar refractivity (Wildman–Crippen MR) is 87.6 cm³/mol. The fourth-order valence-electron chi connectivity index (χ4n) is 3.28. The Balaban J connectivity index is 1.59. The molecule has 1 unspecified atom stereocenters. The Hall–Kier alpha value is -1.95. The van der Waals surface area contributed by atoms with E-state index in [1.165, 1.54) is 5.56 Å². The predicted octanol–water partition coefficient (Wildman–Crippen LogP) is 0.961. The largest absolute Gasteiger partial charge is 0.477 e. The first-order valence-corrected chi connectivity index (χ1v) is 8.26. The van der Waals surface area contributed by atoms with Crippen molar-refractivity contribution in [2.24, 2.45) is 5.92 Å². The van der Waals surface area contributed by atoms with Crippen LogP contribution in [-0.2, 0) is 11.2 Å². The van der Waals surface area contributed by atoms with Crippen molar-refractivity contribution in [1.82, 2.24) is 9.88 Å². The van der Waals surface area contributed by atoms with Crippen molar-refractivity contribution in [2.45, 2.75) is 39.2 Å². The zero-order chi connectivity index (χ0) is 16.4.